The quantitative estimate of drug-likeness (QED) is 0.215. The number of ether oxygens (including phenoxy) is 2. The van der Waals surface area contributed by atoms with Gasteiger partial charge in [0.1, 0.15) is 35.0 Å². The predicted molar refractivity (Wildman–Crippen MR) is 184 cm³/mol. The highest BCUT2D eigenvalue weighted by molar-refractivity contribution is 6.24. The second-order valence-corrected chi connectivity index (χ2v) is 14.3. The van der Waals surface area contributed by atoms with Crippen molar-refractivity contribution in [1.82, 2.24) is 15.5 Å². The number of rotatable bonds is 5. The fraction of sp³-hybridized carbons (Fsp3) is 0.500. The maximum absolute atomic E-state index is 14.3. The summed E-state index contributed by atoms with van der Waals surface area (Å²) >= 11 is 0. The number of nitrogens with one attached hydrogen (secondary N) is 2. The molecule has 1 saturated heterocycles. The van der Waals surface area contributed by atoms with Gasteiger partial charge in [0.2, 0.25) is 11.8 Å². The zero-order valence-electron chi connectivity index (χ0n) is 28.7. The molecule has 260 valence electrons. The number of hydrogen-bond donors (Lipinski definition) is 2. The fourth-order valence-corrected chi connectivity index (χ4v) is 7.05. The maximum atomic E-state index is 14.3. The van der Waals surface area contributed by atoms with Gasteiger partial charge >= 0.3 is 12.1 Å². The standard InChI is InChI=1S/C38H46N4O7/c1-5-47-35(45)38-22-24(38)15-9-7-6-8-10-20-30(39-36(46)48-37(2,3)4)34(44)42-23-25(21-31(42)33(43)40-38)49-41-32-28-18-13-11-16-26(28)27-17-12-14-19-29(27)32/h9,11-19,24-25,30-31H,5-8,10,20-23H2,1-4H3,(H,39,46)(H,40,43)/t24-,25-,30+,31+,38-/m1/s1. The third-order valence-corrected chi connectivity index (χ3v) is 9.52. The maximum Gasteiger partial charge on any atom is 0.408 e. The van der Waals surface area contributed by atoms with Crippen LogP contribution in [-0.4, -0.2) is 77.0 Å². The van der Waals surface area contributed by atoms with Crippen molar-refractivity contribution in [3.05, 3.63) is 71.8 Å². The topological polar surface area (TPSA) is 136 Å². The first kappa shape index (κ1) is 34.2. The Bertz CT molecular complexity index is 1620. The first-order chi connectivity index (χ1) is 23.5. The molecule has 2 N–H and O–H groups in total. The lowest BCUT2D eigenvalue weighted by Crippen LogP contribution is -2.56. The minimum Gasteiger partial charge on any atom is -0.464 e. The van der Waals surface area contributed by atoms with E-state index in [-0.39, 0.29) is 25.5 Å². The molecule has 2 aliphatic carbocycles. The average Bonchev–Trinajstić information content (AvgIpc) is 3.42. The van der Waals surface area contributed by atoms with Gasteiger partial charge in [-0.3, -0.25) is 9.59 Å². The van der Waals surface area contributed by atoms with Crippen LogP contribution in [0.3, 0.4) is 0 Å². The highest BCUT2D eigenvalue weighted by Crippen LogP contribution is 2.46. The van der Waals surface area contributed by atoms with Crippen LogP contribution in [0.15, 0.2) is 65.8 Å². The molecule has 1 saturated carbocycles. The summed E-state index contributed by atoms with van der Waals surface area (Å²) < 4.78 is 10.9. The summed E-state index contributed by atoms with van der Waals surface area (Å²) in [5.74, 6) is -1.57. The third-order valence-electron chi connectivity index (χ3n) is 9.52. The second-order valence-electron chi connectivity index (χ2n) is 14.3. The molecule has 0 radical (unpaired) electrons. The van der Waals surface area contributed by atoms with Crippen LogP contribution in [0.5, 0.6) is 0 Å². The highest BCUT2D eigenvalue weighted by Gasteiger charge is 2.62. The van der Waals surface area contributed by atoms with E-state index in [0.29, 0.717) is 25.0 Å². The van der Waals surface area contributed by atoms with Gasteiger partial charge < -0.3 is 29.8 Å². The summed E-state index contributed by atoms with van der Waals surface area (Å²) in [6, 6.07) is 14.1. The number of carbonyl (C=O) groups is 4. The Morgan fingerprint density at radius 2 is 1.67 bits per heavy atom. The number of oxime groups is 1. The van der Waals surface area contributed by atoms with Crippen LogP contribution in [0.1, 0.15) is 83.8 Å². The van der Waals surface area contributed by atoms with Gasteiger partial charge in [-0.1, -0.05) is 78.7 Å². The Kier molecular flexibility index (Phi) is 9.81. The lowest BCUT2D eigenvalue weighted by molar-refractivity contribution is -0.150. The molecule has 2 aliphatic heterocycles. The summed E-state index contributed by atoms with van der Waals surface area (Å²) in [7, 11) is 0. The monoisotopic (exact) mass is 670 g/mol. The Morgan fingerprint density at radius 3 is 2.33 bits per heavy atom. The number of nitrogens with zero attached hydrogens (tertiary/aromatic N) is 2. The number of esters is 1. The van der Waals surface area contributed by atoms with E-state index in [4.69, 9.17) is 14.3 Å². The SMILES string of the molecule is CCOC(=O)[C@@]12C[C@H]1C=CCCCCC[C@H](NC(=O)OC(C)(C)C)C(=O)N1C[C@H](ON=C3c4ccccc4-c4ccccc43)C[C@H]1C(=O)N2. The van der Waals surface area contributed by atoms with Gasteiger partial charge in [0, 0.05) is 23.5 Å². The molecule has 0 aromatic heterocycles. The van der Waals surface area contributed by atoms with Crippen LogP contribution in [0.2, 0.25) is 0 Å². The van der Waals surface area contributed by atoms with Crippen molar-refractivity contribution in [2.75, 3.05) is 13.2 Å². The van der Waals surface area contributed by atoms with E-state index >= 15 is 0 Å². The summed E-state index contributed by atoms with van der Waals surface area (Å²) in [5, 5.41) is 10.4. The van der Waals surface area contributed by atoms with Crippen molar-refractivity contribution < 1.29 is 33.5 Å². The van der Waals surface area contributed by atoms with E-state index in [1.807, 2.05) is 60.7 Å². The molecular weight excluding hydrogens is 624 g/mol. The van der Waals surface area contributed by atoms with Crippen molar-refractivity contribution in [3.8, 4) is 11.1 Å². The van der Waals surface area contributed by atoms with Crippen molar-refractivity contribution in [3.63, 3.8) is 0 Å². The first-order valence-electron chi connectivity index (χ1n) is 17.4. The molecule has 0 unspecified atom stereocenters. The molecule has 5 atom stereocenters. The van der Waals surface area contributed by atoms with Crippen molar-refractivity contribution in [2.45, 2.75) is 102 Å². The van der Waals surface area contributed by atoms with Crippen LogP contribution in [0, 0.1) is 5.92 Å². The zero-order chi connectivity index (χ0) is 34.8. The molecule has 6 rings (SSSR count). The predicted octanol–water partition coefficient (Wildman–Crippen LogP) is 5.26. The molecule has 0 spiro atoms. The Morgan fingerprint density at radius 1 is 1.00 bits per heavy atom. The first-order valence-corrected chi connectivity index (χ1v) is 17.4. The van der Waals surface area contributed by atoms with E-state index in [9.17, 15) is 19.2 Å². The van der Waals surface area contributed by atoms with Crippen LogP contribution in [0.25, 0.3) is 11.1 Å². The van der Waals surface area contributed by atoms with Crippen LogP contribution >= 0.6 is 0 Å². The summed E-state index contributed by atoms with van der Waals surface area (Å²) in [6.07, 6.45) is 6.86. The average molecular weight is 671 g/mol. The lowest BCUT2D eigenvalue weighted by atomic mass is 10.0. The van der Waals surface area contributed by atoms with Crippen LogP contribution in [0.4, 0.5) is 4.79 Å². The minimum atomic E-state index is -1.19. The summed E-state index contributed by atoms with van der Waals surface area (Å²) in [5.41, 5.74) is 2.73. The number of allylic oxidation sites excluding steroid dienone is 1. The van der Waals surface area contributed by atoms with Gasteiger partial charge in [0.15, 0.2) is 0 Å². The Labute approximate surface area is 287 Å². The van der Waals surface area contributed by atoms with Gasteiger partial charge in [0.05, 0.1) is 13.2 Å². The van der Waals surface area contributed by atoms with Crippen molar-refractivity contribution >= 4 is 29.6 Å². The van der Waals surface area contributed by atoms with E-state index in [1.54, 1.807) is 27.7 Å². The van der Waals surface area contributed by atoms with Gasteiger partial charge in [-0.15, -0.1) is 0 Å². The second kappa shape index (κ2) is 14.1. The van der Waals surface area contributed by atoms with Gasteiger partial charge in [-0.05, 0) is 64.5 Å². The van der Waals surface area contributed by atoms with Crippen molar-refractivity contribution in [2.24, 2.45) is 11.1 Å². The number of fused-ring (bicyclic) bond motifs is 5. The highest BCUT2D eigenvalue weighted by atomic mass is 16.6. The number of hydrogen-bond acceptors (Lipinski definition) is 8. The fourth-order valence-electron chi connectivity index (χ4n) is 7.05. The number of carbonyl (C=O) groups excluding carboxylic acids is 4. The third kappa shape index (κ3) is 7.35. The molecule has 4 aliphatic rings. The molecule has 0 bridgehead atoms. The number of benzene rings is 2. The molecule has 49 heavy (non-hydrogen) atoms. The van der Waals surface area contributed by atoms with E-state index in [1.165, 1.54) is 4.90 Å². The normalized spacial score (nSPS) is 26.5. The van der Waals surface area contributed by atoms with E-state index in [2.05, 4.69) is 15.8 Å². The smallest absolute Gasteiger partial charge is 0.408 e. The summed E-state index contributed by atoms with van der Waals surface area (Å²) in [6.45, 7) is 7.26. The van der Waals surface area contributed by atoms with Crippen molar-refractivity contribution in [1.29, 1.82) is 0 Å². The van der Waals surface area contributed by atoms with E-state index < -0.39 is 53.2 Å². The Hall–Kier alpha value is -4.67. The van der Waals surface area contributed by atoms with Gasteiger partial charge in [-0.25, -0.2) is 9.59 Å². The largest absolute Gasteiger partial charge is 0.464 e. The molecule has 3 amide bonds. The number of alkyl carbamates (subject to hydrolysis) is 1. The summed E-state index contributed by atoms with van der Waals surface area (Å²) in [4.78, 5) is 62.2. The van der Waals surface area contributed by atoms with Gasteiger partial charge in [-0.2, -0.15) is 0 Å². The number of amides is 3. The molecular formula is C38H46N4O7. The lowest BCUT2D eigenvalue weighted by Gasteiger charge is -2.30. The molecule has 2 aromatic rings. The van der Waals surface area contributed by atoms with Crippen LogP contribution < -0.4 is 10.6 Å². The van der Waals surface area contributed by atoms with Crippen LogP contribution in [-0.2, 0) is 28.7 Å². The zero-order valence-corrected chi connectivity index (χ0v) is 28.7. The molecule has 11 heteroatoms. The molecule has 2 heterocycles. The molecule has 2 aromatic carbocycles. The molecule has 2 fully saturated rings. The van der Waals surface area contributed by atoms with E-state index in [0.717, 1.165) is 41.5 Å². The molecule has 11 nitrogen and oxygen atoms in total. The minimum absolute atomic E-state index is 0.0687. The Balaban J connectivity index is 1.30. The van der Waals surface area contributed by atoms with Gasteiger partial charge in [0.25, 0.3) is 0 Å².